The maximum absolute atomic E-state index is 12.2. The molecule has 0 unspecified atom stereocenters. The number of benzene rings is 1. The number of hydrogen-bond acceptors (Lipinski definition) is 5. The molecule has 19 heavy (non-hydrogen) atoms. The van der Waals surface area contributed by atoms with Crippen LogP contribution in [0.15, 0.2) is 23.1 Å². The molecule has 0 N–H and O–H groups in total. The largest absolute Gasteiger partial charge is 0.330 e. The van der Waals surface area contributed by atoms with Crippen LogP contribution in [0.3, 0.4) is 0 Å². The summed E-state index contributed by atoms with van der Waals surface area (Å²) >= 11 is 11.5. The summed E-state index contributed by atoms with van der Waals surface area (Å²) < 4.78 is 24.4. The Hall–Kier alpha value is -1.31. The van der Waals surface area contributed by atoms with Crippen LogP contribution in [0.4, 0.5) is 0 Å². The summed E-state index contributed by atoms with van der Waals surface area (Å²) in [6.45, 7) is 1.88. The van der Waals surface area contributed by atoms with E-state index < -0.39 is 26.8 Å². The lowest BCUT2D eigenvalue weighted by atomic mass is 10.4. The topological polar surface area (TPSA) is 80.8 Å². The quantitative estimate of drug-likeness (QED) is 0.777. The molecule has 0 bridgehead atoms. The highest BCUT2D eigenvalue weighted by Crippen LogP contribution is 2.31. The maximum Gasteiger partial charge on any atom is 0.330 e. The van der Waals surface area contributed by atoms with Gasteiger partial charge in [-0.25, -0.2) is 4.79 Å². The van der Waals surface area contributed by atoms with Crippen LogP contribution < -0.4 is 0 Å². The van der Waals surface area contributed by atoms with Gasteiger partial charge in [0, 0.05) is 13.8 Å². The van der Waals surface area contributed by atoms with E-state index in [0.717, 1.165) is 13.8 Å². The van der Waals surface area contributed by atoms with Crippen molar-refractivity contribution in [2.75, 3.05) is 0 Å². The lowest BCUT2D eigenvalue weighted by Crippen LogP contribution is -2.37. The fourth-order valence-electron chi connectivity index (χ4n) is 1.21. The molecule has 0 heterocycles. The van der Waals surface area contributed by atoms with E-state index in [1.165, 1.54) is 18.2 Å². The summed E-state index contributed by atoms with van der Waals surface area (Å²) in [6, 6.07) is 4.01. The van der Waals surface area contributed by atoms with Crippen molar-refractivity contribution in [3.63, 3.8) is 0 Å². The summed E-state index contributed by atoms with van der Waals surface area (Å²) in [7, 11) is -4.48. The molecule has 0 aliphatic rings. The molecule has 0 saturated heterocycles. The summed E-state index contributed by atoms with van der Waals surface area (Å²) in [4.78, 5) is 26.0. The van der Waals surface area contributed by atoms with Crippen molar-refractivity contribution in [2.45, 2.75) is 18.7 Å². The van der Waals surface area contributed by atoms with Crippen molar-refractivity contribution >= 4 is 45.1 Å². The fourth-order valence-corrected chi connectivity index (χ4v) is 3.53. The lowest BCUT2D eigenvalue weighted by molar-refractivity contribution is -0.175. The summed E-state index contributed by atoms with van der Waals surface area (Å²) in [5.74, 6) is -1.98. The summed E-state index contributed by atoms with van der Waals surface area (Å²) in [5.41, 5.74) is 0. The van der Waals surface area contributed by atoms with Gasteiger partial charge in [-0.15, -0.1) is 0 Å². The number of carbonyl (C=O) groups is 2. The number of hydroxylamine groups is 1. The number of rotatable bonds is 2. The maximum atomic E-state index is 12.2. The molecule has 1 rings (SSSR count). The normalized spacial score (nSPS) is 10.9. The van der Waals surface area contributed by atoms with Gasteiger partial charge in [0.25, 0.3) is 5.91 Å². The van der Waals surface area contributed by atoms with Gasteiger partial charge >= 0.3 is 16.0 Å². The second-order valence-corrected chi connectivity index (χ2v) is 5.89. The number of sulfonamides is 1. The zero-order valence-corrected chi connectivity index (χ0v) is 12.2. The van der Waals surface area contributed by atoms with Gasteiger partial charge in [0.05, 0.1) is 10.0 Å². The third-order valence-corrected chi connectivity index (χ3v) is 4.44. The molecule has 0 aliphatic carbocycles. The molecule has 0 saturated carbocycles. The monoisotopic (exact) mass is 325 g/mol. The smallest absolute Gasteiger partial charge is 0.323 e. The zero-order valence-electron chi connectivity index (χ0n) is 9.88. The first-order valence-electron chi connectivity index (χ1n) is 4.86. The van der Waals surface area contributed by atoms with E-state index in [9.17, 15) is 18.0 Å². The fraction of sp³-hybridized carbons (Fsp3) is 0.200. The molecule has 1 aromatic rings. The third-order valence-electron chi connectivity index (χ3n) is 1.86. The van der Waals surface area contributed by atoms with Gasteiger partial charge in [0.2, 0.25) is 0 Å². The summed E-state index contributed by atoms with van der Waals surface area (Å²) in [5, 5.41) is -0.378. The Bertz CT molecular complexity index is 609. The van der Waals surface area contributed by atoms with E-state index in [4.69, 9.17) is 23.2 Å². The lowest BCUT2D eigenvalue weighted by Gasteiger charge is -2.19. The first kappa shape index (κ1) is 15.7. The van der Waals surface area contributed by atoms with Gasteiger partial charge in [-0.2, -0.15) is 8.42 Å². The van der Waals surface area contributed by atoms with Gasteiger partial charge in [0.1, 0.15) is 4.90 Å². The molecule has 0 aromatic heterocycles. The van der Waals surface area contributed by atoms with Gasteiger partial charge in [0.15, 0.2) is 0 Å². The summed E-state index contributed by atoms with van der Waals surface area (Å²) in [6.07, 6.45) is 0. The van der Waals surface area contributed by atoms with Crippen LogP contribution in [-0.2, 0) is 24.4 Å². The highest BCUT2D eigenvalue weighted by Gasteiger charge is 2.34. The van der Waals surface area contributed by atoms with Gasteiger partial charge in [-0.1, -0.05) is 33.7 Å². The Kier molecular flexibility index (Phi) is 4.78. The molecular weight excluding hydrogens is 317 g/mol. The van der Waals surface area contributed by atoms with Crippen LogP contribution in [0.1, 0.15) is 13.8 Å². The number of halogens is 2. The first-order valence-corrected chi connectivity index (χ1v) is 7.06. The molecule has 0 radical (unpaired) electrons. The Morgan fingerprint density at radius 1 is 1.16 bits per heavy atom. The predicted molar refractivity (Wildman–Crippen MR) is 67.9 cm³/mol. The van der Waals surface area contributed by atoms with Crippen LogP contribution in [-0.4, -0.2) is 24.8 Å². The second-order valence-electron chi connectivity index (χ2n) is 3.38. The highest BCUT2D eigenvalue weighted by atomic mass is 35.5. The minimum Gasteiger partial charge on any atom is -0.323 e. The molecule has 0 aliphatic heterocycles. The van der Waals surface area contributed by atoms with Crippen molar-refractivity contribution in [1.29, 1.82) is 0 Å². The van der Waals surface area contributed by atoms with E-state index >= 15 is 0 Å². The number of nitrogens with zero attached hydrogens (tertiary/aromatic N) is 1. The van der Waals surface area contributed by atoms with Crippen LogP contribution in [0.2, 0.25) is 10.0 Å². The molecule has 0 spiro atoms. The van der Waals surface area contributed by atoms with Crippen molar-refractivity contribution in [2.24, 2.45) is 0 Å². The molecule has 0 fully saturated rings. The van der Waals surface area contributed by atoms with Gasteiger partial charge < -0.3 is 4.84 Å². The molecular formula is C10H9Cl2NO5S. The van der Waals surface area contributed by atoms with Crippen LogP contribution in [0.25, 0.3) is 0 Å². The first-order chi connectivity index (χ1) is 8.67. The molecule has 104 valence electrons. The minimum atomic E-state index is -4.48. The van der Waals surface area contributed by atoms with Crippen molar-refractivity contribution < 1.29 is 22.8 Å². The molecule has 9 heteroatoms. The Morgan fingerprint density at radius 2 is 1.63 bits per heavy atom. The average molecular weight is 326 g/mol. The van der Waals surface area contributed by atoms with E-state index in [2.05, 4.69) is 4.84 Å². The number of amides is 1. The Labute approximate surface area is 119 Å². The van der Waals surface area contributed by atoms with E-state index in [1.54, 1.807) is 0 Å². The number of carbonyl (C=O) groups excluding carboxylic acids is 2. The van der Waals surface area contributed by atoms with Crippen molar-refractivity contribution in [3.05, 3.63) is 28.2 Å². The van der Waals surface area contributed by atoms with Crippen LogP contribution in [0, 0.1) is 0 Å². The van der Waals surface area contributed by atoms with E-state index in [0.29, 0.717) is 0 Å². The molecule has 0 atom stereocenters. The van der Waals surface area contributed by atoms with Gasteiger partial charge in [-0.3, -0.25) is 4.79 Å². The zero-order chi connectivity index (χ0) is 14.8. The molecule has 1 amide bonds. The Balaban J connectivity index is 3.44. The van der Waals surface area contributed by atoms with E-state index in [-0.39, 0.29) is 14.5 Å². The molecule has 1 aromatic carbocycles. The highest BCUT2D eigenvalue weighted by molar-refractivity contribution is 7.89. The average Bonchev–Trinajstić information content (AvgIpc) is 2.24. The minimum absolute atomic E-state index is 0.0531. The van der Waals surface area contributed by atoms with E-state index in [1.807, 2.05) is 0 Å². The Morgan fingerprint density at radius 3 is 2.00 bits per heavy atom. The standard InChI is InChI=1S/C10H9Cl2NO5S/c1-6(14)13(18-7(2)15)19(16,17)10-8(11)4-3-5-9(10)12/h3-5H,1-2H3. The van der Waals surface area contributed by atoms with Crippen LogP contribution >= 0.6 is 23.2 Å². The molecule has 6 nitrogen and oxygen atoms in total. The van der Waals surface area contributed by atoms with Crippen molar-refractivity contribution in [1.82, 2.24) is 4.47 Å². The van der Waals surface area contributed by atoms with Crippen molar-refractivity contribution in [3.8, 4) is 0 Å². The predicted octanol–water partition coefficient (Wildman–Crippen LogP) is 2.01. The van der Waals surface area contributed by atoms with Crippen LogP contribution in [0.5, 0.6) is 0 Å². The SMILES string of the molecule is CC(=O)ON(C(C)=O)S(=O)(=O)c1c(Cl)cccc1Cl. The third kappa shape index (κ3) is 3.37. The van der Waals surface area contributed by atoms with Gasteiger partial charge in [-0.05, 0) is 12.1 Å². The number of hydrogen-bond donors (Lipinski definition) is 0. The second kappa shape index (κ2) is 5.77.